The lowest BCUT2D eigenvalue weighted by Gasteiger charge is -2.14. The minimum Gasteiger partial charge on any atom is -0.495 e. The highest BCUT2D eigenvalue weighted by atomic mass is 35.5. The van der Waals surface area contributed by atoms with Crippen molar-refractivity contribution in [3.63, 3.8) is 0 Å². The van der Waals surface area contributed by atoms with Gasteiger partial charge in [0.25, 0.3) is 0 Å². The van der Waals surface area contributed by atoms with Crippen LogP contribution in [0.1, 0.15) is 32.0 Å². The first kappa shape index (κ1) is 18.1. The van der Waals surface area contributed by atoms with E-state index in [1.807, 2.05) is 6.92 Å². The molecule has 1 aliphatic heterocycles. The number of anilines is 1. The van der Waals surface area contributed by atoms with Gasteiger partial charge < -0.3 is 14.6 Å². The Morgan fingerprint density at radius 3 is 3.00 bits per heavy atom. The van der Waals surface area contributed by atoms with Crippen molar-refractivity contribution < 1.29 is 9.53 Å². The van der Waals surface area contributed by atoms with Gasteiger partial charge in [0, 0.05) is 18.0 Å². The standard InChI is InChI=1S/C17H21ClN4O2S/c1-11(16(23)19-13-10-12(18)7-8-14(13)24-2)25-17-21-20-15-6-4-3-5-9-22(15)17/h7-8,10-11H,3-6,9H2,1-2H3,(H,19,23). The van der Waals surface area contributed by atoms with Crippen molar-refractivity contribution >= 4 is 35.0 Å². The molecule has 2 heterocycles. The summed E-state index contributed by atoms with van der Waals surface area (Å²) in [5.41, 5.74) is 0.563. The van der Waals surface area contributed by atoms with Crippen LogP contribution in [0.25, 0.3) is 0 Å². The number of ether oxygens (including phenoxy) is 1. The van der Waals surface area contributed by atoms with Gasteiger partial charge in [-0.2, -0.15) is 0 Å². The number of carbonyl (C=O) groups is 1. The van der Waals surface area contributed by atoms with Crippen molar-refractivity contribution in [2.75, 3.05) is 12.4 Å². The van der Waals surface area contributed by atoms with Gasteiger partial charge in [0.2, 0.25) is 5.91 Å². The van der Waals surface area contributed by atoms with Crippen LogP contribution in [0, 0.1) is 0 Å². The van der Waals surface area contributed by atoms with E-state index in [0.717, 1.165) is 36.8 Å². The van der Waals surface area contributed by atoms with E-state index in [9.17, 15) is 4.79 Å². The number of halogens is 1. The topological polar surface area (TPSA) is 69.0 Å². The first-order chi connectivity index (χ1) is 12.1. The third kappa shape index (κ3) is 4.27. The zero-order valence-electron chi connectivity index (χ0n) is 14.3. The third-order valence-electron chi connectivity index (χ3n) is 4.15. The van der Waals surface area contributed by atoms with Crippen LogP contribution in [-0.2, 0) is 17.8 Å². The maximum Gasteiger partial charge on any atom is 0.237 e. The number of aryl methyl sites for hydroxylation is 1. The van der Waals surface area contributed by atoms with E-state index in [4.69, 9.17) is 16.3 Å². The van der Waals surface area contributed by atoms with Crippen LogP contribution in [0.15, 0.2) is 23.4 Å². The number of hydrogen-bond acceptors (Lipinski definition) is 5. The molecular weight excluding hydrogens is 360 g/mol. The Labute approximate surface area is 156 Å². The Bertz CT molecular complexity index is 765. The van der Waals surface area contributed by atoms with Crippen LogP contribution in [0.5, 0.6) is 5.75 Å². The molecule has 0 aliphatic carbocycles. The summed E-state index contributed by atoms with van der Waals surface area (Å²) in [6.45, 7) is 2.77. The second-order valence-electron chi connectivity index (χ2n) is 5.96. The Morgan fingerprint density at radius 1 is 1.36 bits per heavy atom. The molecule has 0 spiro atoms. The number of amides is 1. The van der Waals surface area contributed by atoms with Crippen molar-refractivity contribution in [3.05, 3.63) is 29.0 Å². The van der Waals surface area contributed by atoms with E-state index in [0.29, 0.717) is 16.5 Å². The van der Waals surface area contributed by atoms with Gasteiger partial charge in [-0.25, -0.2) is 0 Å². The fraction of sp³-hybridized carbons (Fsp3) is 0.471. The molecular formula is C17H21ClN4O2S. The Balaban J connectivity index is 1.69. The molecule has 3 rings (SSSR count). The molecule has 6 nitrogen and oxygen atoms in total. The fourth-order valence-electron chi connectivity index (χ4n) is 2.77. The van der Waals surface area contributed by atoms with Crippen molar-refractivity contribution in [1.29, 1.82) is 0 Å². The molecule has 134 valence electrons. The molecule has 1 atom stereocenters. The summed E-state index contributed by atoms with van der Waals surface area (Å²) in [5, 5.41) is 12.4. The smallest absolute Gasteiger partial charge is 0.237 e. The second kappa shape index (κ2) is 8.10. The summed E-state index contributed by atoms with van der Waals surface area (Å²) in [6.07, 6.45) is 4.43. The summed E-state index contributed by atoms with van der Waals surface area (Å²) in [7, 11) is 1.56. The molecule has 1 aliphatic rings. The van der Waals surface area contributed by atoms with E-state index in [-0.39, 0.29) is 11.2 Å². The summed E-state index contributed by atoms with van der Waals surface area (Å²) in [4.78, 5) is 12.6. The Kier molecular flexibility index (Phi) is 5.86. The first-order valence-corrected chi connectivity index (χ1v) is 9.57. The molecule has 1 aromatic carbocycles. The number of carbonyl (C=O) groups excluding carboxylic acids is 1. The van der Waals surface area contributed by atoms with Crippen LogP contribution < -0.4 is 10.1 Å². The average molecular weight is 381 g/mol. The van der Waals surface area contributed by atoms with Gasteiger partial charge in [0.05, 0.1) is 18.0 Å². The van der Waals surface area contributed by atoms with Gasteiger partial charge in [0.15, 0.2) is 5.16 Å². The highest BCUT2D eigenvalue weighted by Crippen LogP contribution is 2.30. The number of thioether (sulfide) groups is 1. The van der Waals surface area contributed by atoms with E-state index < -0.39 is 0 Å². The van der Waals surface area contributed by atoms with Crippen molar-refractivity contribution in [1.82, 2.24) is 14.8 Å². The zero-order valence-corrected chi connectivity index (χ0v) is 15.9. The molecule has 1 aromatic heterocycles. The van der Waals surface area contributed by atoms with Crippen LogP contribution in [0.3, 0.4) is 0 Å². The predicted molar refractivity (Wildman–Crippen MR) is 99.5 cm³/mol. The summed E-state index contributed by atoms with van der Waals surface area (Å²) < 4.78 is 7.41. The number of nitrogens with zero attached hydrogens (tertiary/aromatic N) is 3. The monoisotopic (exact) mass is 380 g/mol. The summed E-state index contributed by atoms with van der Waals surface area (Å²) in [5.74, 6) is 1.46. The Hall–Kier alpha value is -1.73. The molecule has 0 bridgehead atoms. The molecule has 0 fully saturated rings. The number of methoxy groups -OCH3 is 1. The van der Waals surface area contributed by atoms with E-state index >= 15 is 0 Å². The van der Waals surface area contributed by atoms with Crippen molar-refractivity contribution in [3.8, 4) is 5.75 Å². The molecule has 0 radical (unpaired) electrons. The van der Waals surface area contributed by atoms with Crippen molar-refractivity contribution in [2.24, 2.45) is 0 Å². The number of aromatic nitrogens is 3. The highest BCUT2D eigenvalue weighted by molar-refractivity contribution is 8.00. The summed E-state index contributed by atoms with van der Waals surface area (Å²) in [6, 6.07) is 5.13. The first-order valence-electron chi connectivity index (χ1n) is 8.31. The Morgan fingerprint density at radius 2 is 2.20 bits per heavy atom. The van der Waals surface area contributed by atoms with Gasteiger partial charge in [-0.1, -0.05) is 29.8 Å². The van der Waals surface area contributed by atoms with Gasteiger partial charge in [-0.05, 0) is 38.0 Å². The van der Waals surface area contributed by atoms with Crippen molar-refractivity contribution in [2.45, 2.75) is 49.6 Å². The molecule has 25 heavy (non-hydrogen) atoms. The molecule has 2 aromatic rings. The van der Waals surface area contributed by atoms with Gasteiger partial charge in [0.1, 0.15) is 11.6 Å². The predicted octanol–water partition coefficient (Wildman–Crippen LogP) is 3.79. The van der Waals surface area contributed by atoms with Gasteiger partial charge >= 0.3 is 0 Å². The lowest BCUT2D eigenvalue weighted by Crippen LogP contribution is -2.23. The maximum atomic E-state index is 12.6. The van der Waals surface area contributed by atoms with Crippen LogP contribution in [0.2, 0.25) is 5.02 Å². The van der Waals surface area contributed by atoms with Crippen LogP contribution >= 0.6 is 23.4 Å². The SMILES string of the molecule is COc1ccc(Cl)cc1NC(=O)C(C)Sc1nnc2n1CCCCC2. The lowest BCUT2D eigenvalue weighted by molar-refractivity contribution is -0.115. The van der Waals surface area contributed by atoms with Gasteiger partial charge in [-0.15, -0.1) is 10.2 Å². The second-order valence-corrected chi connectivity index (χ2v) is 7.70. The minimum absolute atomic E-state index is 0.128. The molecule has 1 N–H and O–H groups in total. The third-order valence-corrected chi connectivity index (χ3v) is 5.46. The fourth-order valence-corrected chi connectivity index (χ4v) is 3.84. The van der Waals surface area contributed by atoms with E-state index in [1.54, 1.807) is 25.3 Å². The number of rotatable bonds is 5. The molecule has 1 unspecified atom stereocenters. The van der Waals surface area contributed by atoms with E-state index in [1.165, 1.54) is 18.2 Å². The molecule has 1 amide bonds. The molecule has 8 heteroatoms. The number of nitrogens with one attached hydrogen (secondary N) is 1. The van der Waals surface area contributed by atoms with Crippen LogP contribution in [0.4, 0.5) is 5.69 Å². The normalized spacial score (nSPS) is 15.2. The highest BCUT2D eigenvalue weighted by Gasteiger charge is 2.22. The molecule has 0 saturated heterocycles. The average Bonchev–Trinajstić information content (AvgIpc) is 2.81. The largest absolute Gasteiger partial charge is 0.495 e. The summed E-state index contributed by atoms with van der Waals surface area (Å²) >= 11 is 7.44. The lowest BCUT2D eigenvalue weighted by atomic mass is 10.2. The maximum absolute atomic E-state index is 12.6. The quantitative estimate of drug-likeness (QED) is 0.799. The number of fused-ring (bicyclic) bond motifs is 1. The number of hydrogen-bond donors (Lipinski definition) is 1. The number of benzene rings is 1. The minimum atomic E-state index is -0.319. The van der Waals surface area contributed by atoms with Crippen LogP contribution in [-0.4, -0.2) is 33.0 Å². The van der Waals surface area contributed by atoms with E-state index in [2.05, 4.69) is 20.1 Å². The van der Waals surface area contributed by atoms with Gasteiger partial charge in [-0.3, -0.25) is 4.79 Å². The molecule has 0 saturated carbocycles. The zero-order chi connectivity index (χ0) is 17.8.